The summed E-state index contributed by atoms with van der Waals surface area (Å²) in [5.74, 6) is -1.15. The van der Waals surface area contributed by atoms with Gasteiger partial charge in [0.1, 0.15) is 12.2 Å². The Morgan fingerprint density at radius 1 is 0.259 bits per heavy atom. The van der Waals surface area contributed by atoms with E-state index in [1.54, 1.807) is 6.07 Å². The maximum absolute atomic E-state index is 14.7. The summed E-state index contributed by atoms with van der Waals surface area (Å²) in [4.78, 5) is 66.8. The van der Waals surface area contributed by atoms with Crippen LogP contribution in [0, 0.1) is 0 Å². The van der Waals surface area contributed by atoms with Crippen molar-refractivity contribution in [2.45, 2.75) is 52.2 Å². The molecule has 10 heterocycles. The maximum atomic E-state index is 14.7. The van der Waals surface area contributed by atoms with E-state index in [4.69, 9.17) is 29.4 Å². The largest absolute Gasteiger partial charge is 0.454 e. The van der Waals surface area contributed by atoms with Crippen LogP contribution in [-0.2, 0) is 14.9 Å². The summed E-state index contributed by atoms with van der Waals surface area (Å²) in [5, 5.41) is 0. The number of aromatic amines is 4. The molecule has 4 aliphatic rings. The average Bonchev–Trinajstić information content (AvgIpc) is 1.65. The minimum Gasteiger partial charge on any atom is -0.454 e. The lowest BCUT2D eigenvalue weighted by molar-refractivity contribution is 0.0336. The van der Waals surface area contributed by atoms with Crippen LogP contribution in [0.5, 0.6) is 0 Å². The van der Waals surface area contributed by atoms with E-state index in [9.17, 15) is 9.59 Å². The second-order valence-corrected chi connectivity index (χ2v) is 30.6. The van der Waals surface area contributed by atoms with Crippen molar-refractivity contribution in [3.63, 3.8) is 0 Å². The van der Waals surface area contributed by atoms with Crippen molar-refractivity contribution in [2.24, 2.45) is 0 Å². The number of benzene rings is 9. The topological polar surface area (TPSA) is 167 Å². The monoisotopic (exact) mass is 1500 g/mol. The molecule has 2 atom stereocenters. The zero-order chi connectivity index (χ0) is 78.5. The van der Waals surface area contributed by atoms with Gasteiger partial charge in [-0.05, 0) is 196 Å². The molecule has 9 aromatic carbocycles. The molecule has 4 N–H and O–H groups in total. The number of nitrogens with one attached hydrogen (secondary N) is 4. The highest BCUT2D eigenvalue weighted by molar-refractivity contribution is 6.04. The summed E-state index contributed by atoms with van der Waals surface area (Å²) >= 11 is 0. The van der Waals surface area contributed by atoms with Crippen LogP contribution in [0.15, 0.2) is 297 Å². The number of nitrogens with zero attached hydrogens (tertiary/aromatic N) is 4. The molecule has 0 saturated carbocycles. The zero-order valence-corrected chi connectivity index (χ0v) is 64.5. The zero-order valence-electron chi connectivity index (χ0n) is 64.5. The number of carbonyl (C=O) groups excluding carboxylic acids is 2. The van der Waals surface area contributed by atoms with Crippen molar-refractivity contribution in [3.8, 4) is 89.0 Å². The average molecular weight is 1500 g/mol. The minimum atomic E-state index is -0.690. The quantitative estimate of drug-likeness (QED) is 0.0781. The first-order valence-corrected chi connectivity index (χ1v) is 39.2. The number of H-pyrrole nitrogens is 4. The normalized spacial score (nSPS) is 12.7. The number of fused-ring (bicyclic) bond motifs is 16. The molecule has 6 aromatic heterocycles. The van der Waals surface area contributed by atoms with Crippen LogP contribution in [0.25, 0.3) is 182 Å². The van der Waals surface area contributed by atoms with E-state index in [1.165, 1.54) is 0 Å². The summed E-state index contributed by atoms with van der Waals surface area (Å²) in [7, 11) is 0. The fraction of sp³-hybridized carbons (Fsp3) is 0.0769. The standard InChI is InChI=1S/C104H78N8O4/c1-63(65-36-40-73(41-37-65)100-90-56-52-86(109-90)96(69-28-16-8-17-29-69)82-48-44-78(105-82)94(67-24-12-6-13-25-67)79-45-49-83(106-79)97(70-30-18-9-19-31-70)87-53-57-91(100)110-87)115-102(113)75-60-76(62-77(61-75)104(3,4)5)103(114)116-64(2)66-38-42-74(43-39-66)101-92-58-54-88(111-92)98(71-32-20-10-21-33-71)84-50-46-80(107-84)95(68-26-14-7-15-27-68)81-47-51-85(108-81)99(72-34-22-11-23-35-72)89-55-59-93(101)112-89/h6-64,105,107,110,112H,1-5H3/t63-,64-/m0/s1. The SMILES string of the molecule is C[C@H](OC(=O)c1cc(C(=O)O[C@@H](C)c2ccc(-c3c4nc(c(-c5ccccc5)c5ccc([nH]5)c(-c5ccccc5)c5nc(c(-c6ccccc6)c6ccc3[nH]6)C=C5)C=C4)cc2)cc(C(C)(C)C)c1)c1ccc(-c2c3nc(c(-c4ccccc4)c4ccc([nH]4)c(-c4ccccc4)c4nc(c(-c5ccccc5)c5ccc2[nH]5)C=C4)C=C3)cc1. The van der Waals surface area contributed by atoms with Crippen molar-refractivity contribution in [3.05, 3.63) is 371 Å². The molecule has 116 heavy (non-hydrogen) atoms. The third-order valence-corrected chi connectivity index (χ3v) is 22.1. The number of carbonyl (C=O) groups is 2. The lowest BCUT2D eigenvalue weighted by Gasteiger charge is -2.22. The van der Waals surface area contributed by atoms with Gasteiger partial charge in [-0.25, -0.2) is 29.5 Å². The molecule has 16 bridgehead atoms. The van der Waals surface area contributed by atoms with Gasteiger partial charge >= 0.3 is 11.9 Å². The number of aromatic nitrogens is 8. The van der Waals surface area contributed by atoms with Crippen LogP contribution in [-0.4, -0.2) is 51.8 Å². The van der Waals surface area contributed by atoms with Gasteiger partial charge in [0.15, 0.2) is 0 Å². The third kappa shape index (κ3) is 13.8. The highest BCUT2D eigenvalue weighted by Gasteiger charge is 2.27. The Bertz CT molecular complexity index is 6410. The van der Waals surface area contributed by atoms with Crippen LogP contribution in [0.2, 0.25) is 0 Å². The van der Waals surface area contributed by atoms with E-state index in [1.807, 2.05) is 86.6 Å². The summed E-state index contributed by atoms with van der Waals surface area (Å²) in [6, 6.07) is 101. The van der Waals surface area contributed by atoms with Crippen LogP contribution >= 0.6 is 0 Å². The van der Waals surface area contributed by atoms with E-state index >= 15 is 0 Å². The van der Waals surface area contributed by atoms with Gasteiger partial charge < -0.3 is 29.4 Å². The van der Waals surface area contributed by atoms with Gasteiger partial charge in [0.2, 0.25) is 0 Å². The van der Waals surface area contributed by atoms with Crippen LogP contribution in [0.1, 0.15) is 130 Å². The van der Waals surface area contributed by atoms with Crippen molar-refractivity contribution >= 4 is 105 Å². The molecule has 15 aromatic rings. The summed E-state index contributed by atoms with van der Waals surface area (Å²) in [6.07, 6.45) is 15.4. The predicted octanol–water partition coefficient (Wildman–Crippen LogP) is 26.1. The first kappa shape index (κ1) is 71.4. The number of hydrogen-bond donors (Lipinski definition) is 4. The van der Waals surface area contributed by atoms with Gasteiger partial charge in [-0.2, -0.15) is 0 Å². The summed E-state index contributed by atoms with van der Waals surface area (Å²) in [5.41, 5.74) is 31.4. The molecule has 0 amide bonds. The van der Waals surface area contributed by atoms with E-state index in [2.05, 4.69) is 308 Å². The predicted molar refractivity (Wildman–Crippen MR) is 474 cm³/mol. The van der Waals surface area contributed by atoms with Gasteiger partial charge in [-0.15, -0.1) is 0 Å². The second kappa shape index (κ2) is 30.0. The van der Waals surface area contributed by atoms with E-state index in [0.29, 0.717) is 0 Å². The Labute approximate surface area is 671 Å². The molecule has 0 fully saturated rings. The number of hydrogen-bond acceptors (Lipinski definition) is 8. The van der Waals surface area contributed by atoms with Crippen LogP contribution in [0.4, 0.5) is 0 Å². The van der Waals surface area contributed by atoms with Crippen LogP contribution < -0.4 is 0 Å². The molecule has 558 valence electrons. The van der Waals surface area contributed by atoms with Crippen LogP contribution in [0.3, 0.4) is 0 Å². The van der Waals surface area contributed by atoms with E-state index in [0.717, 1.165) is 195 Å². The highest BCUT2D eigenvalue weighted by atomic mass is 16.5. The van der Waals surface area contributed by atoms with Gasteiger partial charge in [-0.3, -0.25) is 0 Å². The Kier molecular flexibility index (Phi) is 18.5. The van der Waals surface area contributed by atoms with E-state index in [-0.39, 0.29) is 11.1 Å². The number of rotatable bonds is 14. The van der Waals surface area contributed by atoms with Gasteiger partial charge in [0.25, 0.3) is 0 Å². The van der Waals surface area contributed by atoms with Crippen molar-refractivity contribution in [2.75, 3.05) is 0 Å². The Hall–Kier alpha value is -14.9. The van der Waals surface area contributed by atoms with Crippen molar-refractivity contribution < 1.29 is 19.1 Å². The fourth-order valence-electron chi connectivity index (χ4n) is 16.2. The number of esters is 2. The molecule has 0 saturated heterocycles. The number of ether oxygens (including phenoxy) is 2. The molecule has 4 aliphatic heterocycles. The van der Waals surface area contributed by atoms with Gasteiger partial charge in [0, 0.05) is 88.6 Å². The minimum absolute atomic E-state index is 0.234. The molecule has 12 nitrogen and oxygen atoms in total. The Balaban J connectivity index is 0.638. The molecular formula is C104H78N8O4. The van der Waals surface area contributed by atoms with Crippen molar-refractivity contribution in [1.29, 1.82) is 0 Å². The van der Waals surface area contributed by atoms with Gasteiger partial charge in [-0.1, -0.05) is 251 Å². The molecule has 19 rings (SSSR count). The van der Waals surface area contributed by atoms with Gasteiger partial charge in [0.05, 0.1) is 56.7 Å². The fourth-order valence-corrected chi connectivity index (χ4v) is 16.2. The lowest BCUT2D eigenvalue weighted by atomic mass is 9.85. The molecule has 0 unspecified atom stereocenters. The molecule has 12 heteroatoms. The molecule has 0 spiro atoms. The smallest absolute Gasteiger partial charge is 0.338 e. The first-order chi connectivity index (χ1) is 56.7. The highest BCUT2D eigenvalue weighted by Crippen LogP contribution is 2.43. The lowest BCUT2D eigenvalue weighted by Crippen LogP contribution is -2.17. The molecule has 0 aliphatic carbocycles. The van der Waals surface area contributed by atoms with E-state index < -0.39 is 29.6 Å². The molecule has 0 radical (unpaired) electrons. The maximum Gasteiger partial charge on any atom is 0.338 e. The van der Waals surface area contributed by atoms with Crippen molar-refractivity contribution in [1.82, 2.24) is 39.9 Å². The molecular weight excluding hydrogens is 1430 g/mol. The first-order valence-electron chi connectivity index (χ1n) is 39.2. The summed E-state index contributed by atoms with van der Waals surface area (Å²) in [6.45, 7) is 9.88. The third-order valence-electron chi connectivity index (χ3n) is 22.1. The Morgan fingerprint density at radius 2 is 0.448 bits per heavy atom. The second-order valence-electron chi connectivity index (χ2n) is 30.6. The Morgan fingerprint density at radius 3 is 0.638 bits per heavy atom. The summed E-state index contributed by atoms with van der Waals surface area (Å²) < 4.78 is 12.7.